The highest BCUT2D eigenvalue weighted by Crippen LogP contribution is 2.56. The maximum atomic E-state index is 14.3. The van der Waals surface area contributed by atoms with Crippen molar-refractivity contribution in [3.05, 3.63) is 101 Å². The minimum atomic E-state index is -6.20. The molecule has 0 heterocycles. The third kappa shape index (κ3) is 5.44. The number of carbonyl (C=O) groups is 1. The van der Waals surface area contributed by atoms with E-state index in [1.807, 2.05) is 0 Å². The Balaban J connectivity index is 1.83. The number of amides is 1. The molecule has 1 aliphatic rings. The van der Waals surface area contributed by atoms with Crippen LogP contribution in [0.2, 0.25) is 0 Å². The molecule has 0 saturated heterocycles. The first-order chi connectivity index (χ1) is 20.3. The molecule has 0 atom stereocenters. The summed E-state index contributed by atoms with van der Waals surface area (Å²) in [5, 5.41) is 0. The van der Waals surface area contributed by atoms with Crippen molar-refractivity contribution in [3.8, 4) is 0 Å². The molecule has 44 heavy (non-hydrogen) atoms. The third-order valence-electron chi connectivity index (χ3n) is 7.69. The lowest BCUT2D eigenvalue weighted by molar-refractivity contribution is -0.392. The largest absolute Gasteiger partial charge is 0.430 e. The van der Waals surface area contributed by atoms with E-state index in [1.165, 1.54) is 19.0 Å². The molecule has 1 fully saturated rings. The van der Waals surface area contributed by atoms with Gasteiger partial charge in [-0.25, -0.2) is 21.6 Å². The van der Waals surface area contributed by atoms with Crippen LogP contribution >= 0.6 is 0 Å². The summed E-state index contributed by atoms with van der Waals surface area (Å²) in [6.07, 6.45) is -13.1. The molecular formula is C29H24F9NO4S. The Morgan fingerprint density at radius 3 is 1.80 bits per heavy atom. The van der Waals surface area contributed by atoms with Crippen LogP contribution in [0.15, 0.2) is 71.6 Å². The molecule has 3 aromatic rings. The van der Waals surface area contributed by atoms with Crippen molar-refractivity contribution in [3.63, 3.8) is 0 Å². The predicted octanol–water partition coefficient (Wildman–Crippen LogP) is 6.81. The summed E-state index contributed by atoms with van der Waals surface area (Å²) in [5.41, 5.74) is -8.00. The SMILES string of the molecule is CN(C)C(=O)[C@H]1C[C@@](c2ccc(C(OCc3c(F)cccc3F)(C(F)(F)F)C(F)(F)F)cc2)(S(=O)(=O)c2ccc(F)cc2)C1. The van der Waals surface area contributed by atoms with Gasteiger partial charge in [-0.15, -0.1) is 0 Å². The van der Waals surface area contributed by atoms with Crippen LogP contribution in [0.1, 0.15) is 29.5 Å². The van der Waals surface area contributed by atoms with E-state index in [1.54, 1.807) is 0 Å². The van der Waals surface area contributed by atoms with Crippen molar-refractivity contribution in [2.45, 2.75) is 47.0 Å². The monoisotopic (exact) mass is 653 g/mol. The first-order valence-electron chi connectivity index (χ1n) is 12.8. The van der Waals surface area contributed by atoms with Crippen LogP contribution in [0.3, 0.4) is 0 Å². The molecule has 0 aliphatic heterocycles. The van der Waals surface area contributed by atoms with Crippen LogP contribution in [0.5, 0.6) is 0 Å². The topological polar surface area (TPSA) is 63.7 Å². The molecule has 0 spiro atoms. The highest BCUT2D eigenvalue weighted by molar-refractivity contribution is 7.92. The van der Waals surface area contributed by atoms with Crippen molar-refractivity contribution in [1.29, 1.82) is 0 Å². The van der Waals surface area contributed by atoms with Crippen LogP contribution in [0.25, 0.3) is 0 Å². The molecule has 3 aromatic carbocycles. The molecule has 1 aliphatic carbocycles. The molecule has 0 bridgehead atoms. The first kappa shape index (κ1) is 33.3. The molecule has 238 valence electrons. The Hall–Kier alpha value is -3.59. The standard InChI is InChI=1S/C29H24F9NO4S/c1-39(2)25(40)17-14-26(15-17,44(41,42)21-12-10-20(30)11-13-21)18-6-8-19(9-7-18)27(28(33,34)35,29(36,37)38)43-16-22-23(31)4-3-5-24(22)32/h3-13,17H,14-16H2,1-2H3/t17-,26+. The summed E-state index contributed by atoms with van der Waals surface area (Å²) in [4.78, 5) is 13.4. The number of carbonyl (C=O) groups excluding carboxylic acids is 1. The van der Waals surface area contributed by atoms with E-state index in [9.17, 15) is 52.7 Å². The van der Waals surface area contributed by atoms with Gasteiger partial charge in [0.15, 0.2) is 9.84 Å². The van der Waals surface area contributed by atoms with Crippen LogP contribution in [0.4, 0.5) is 39.5 Å². The number of nitrogens with zero attached hydrogens (tertiary/aromatic N) is 1. The summed E-state index contributed by atoms with van der Waals surface area (Å²) in [7, 11) is -1.64. The molecule has 0 unspecified atom stereocenters. The molecule has 0 N–H and O–H groups in total. The van der Waals surface area contributed by atoms with Gasteiger partial charge in [0.2, 0.25) is 5.91 Å². The van der Waals surface area contributed by atoms with E-state index < -0.39 is 79.5 Å². The fraction of sp³-hybridized carbons (Fsp3) is 0.345. The molecule has 0 radical (unpaired) electrons. The zero-order chi connectivity index (χ0) is 32.9. The highest BCUT2D eigenvalue weighted by Gasteiger charge is 2.73. The van der Waals surface area contributed by atoms with Gasteiger partial charge in [0.05, 0.1) is 11.5 Å². The van der Waals surface area contributed by atoms with Crippen LogP contribution in [-0.2, 0) is 36.3 Å². The minimum Gasteiger partial charge on any atom is -0.349 e. The number of alkyl halides is 6. The number of hydrogen-bond acceptors (Lipinski definition) is 4. The Labute approximate surface area is 246 Å². The van der Waals surface area contributed by atoms with Crippen molar-refractivity contribution in [2.75, 3.05) is 14.1 Å². The van der Waals surface area contributed by atoms with Gasteiger partial charge in [-0.2, -0.15) is 26.3 Å². The molecule has 1 saturated carbocycles. The van der Waals surface area contributed by atoms with E-state index in [-0.39, 0.29) is 23.3 Å². The maximum absolute atomic E-state index is 14.3. The van der Waals surface area contributed by atoms with E-state index >= 15 is 0 Å². The molecular weight excluding hydrogens is 629 g/mol. The summed E-state index contributed by atoms with van der Waals surface area (Å²) >= 11 is 0. The second kappa shape index (κ2) is 11.4. The lowest BCUT2D eigenvalue weighted by atomic mass is 9.69. The fourth-order valence-electron chi connectivity index (χ4n) is 5.32. The number of hydrogen-bond donors (Lipinski definition) is 0. The molecule has 15 heteroatoms. The van der Waals surface area contributed by atoms with Gasteiger partial charge in [-0.1, -0.05) is 30.3 Å². The van der Waals surface area contributed by atoms with Crippen molar-refractivity contribution in [1.82, 2.24) is 4.90 Å². The number of ether oxygens (including phenoxy) is 1. The van der Waals surface area contributed by atoms with Gasteiger partial charge in [0.25, 0.3) is 5.60 Å². The van der Waals surface area contributed by atoms with E-state index in [4.69, 9.17) is 0 Å². The number of sulfone groups is 1. The fourth-order valence-corrected chi connectivity index (χ4v) is 7.55. The molecule has 5 nitrogen and oxygen atoms in total. The van der Waals surface area contributed by atoms with Crippen LogP contribution in [-0.4, -0.2) is 45.7 Å². The Morgan fingerprint density at radius 2 is 1.34 bits per heavy atom. The van der Waals surface area contributed by atoms with Crippen molar-refractivity contribution < 1.29 is 57.5 Å². The van der Waals surface area contributed by atoms with Crippen LogP contribution < -0.4 is 0 Å². The summed E-state index contributed by atoms with van der Waals surface area (Å²) in [5.74, 6) is -4.92. The van der Waals surface area contributed by atoms with Gasteiger partial charge in [-0.05, 0) is 54.8 Å². The van der Waals surface area contributed by atoms with Gasteiger partial charge in [-0.3, -0.25) is 4.79 Å². The number of benzene rings is 3. The minimum absolute atomic E-state index is 0.230. The normalized spacial score (nSPS) is 19.4. The van der Waals surface area contributed by atoms with Crippen LogP contribution in [0, 0.1) is 23.4 Å². The predicted molar refractivity (Wildman–Crippen MR) is 138 cm³/mol. The molecule has 0 aromatic heterocycles. The van der Waals surface area contributed by atoms with Crippen molar-refractivity contribution in [2.24, 2.45) is 5.92 Å². The maximum Gasteiger partial charge on any atom is 0.430 e. The highest BCUT2D eigenvalue weighted by atomic mass is 32.2. The lowest BCUT2D eigenvalue weighted by Crippen LogP contribution is -2.56. The van der Waals surface area contributed by atoms with E-state index in [0.717, 1.165) is 42.5 Å². The summed E-state index contributed by atoms with van der Waals surface area (Å²) < 4.78 is 158. The average Bonchev–Trinajstić information content (AvgIpc) is 2.89. The quantitative estimate of drug-likeness (QED) is 0.198. The second-order valence-electron chi connectivity index (χ2n) is 10.5. The first-order valence-corrected chi connectivity index (χ1v) is 14.3. The zero-order valence-corrected chi connectivity index (χ0v) is 23.8. The average molecular weight is 654 g/mol. The summed E-state index contributed by atoms with van der Waals surface area (Å²) in [6.45, 7) is -1.75. The lowest BCUT2D eigenvalue weighted by Gasteiger charge is -2.47. The number of rotatable bonds is 8. The zero-order valence-electron chi connectivity index (χ0n) is 22.9. The van der Waals surface area contributed by atoms with Gasteiger partial charge >= 0.3 is 12.4 Å². The molecule has 4 rings (SSSR count). The van der Waals surface area contributed by atoms with E-state index in [2.05, 4.69) is 4.74 Å². The number of halogens is 9. The Morgan fingerprint density at radius 1 is 0.841 bits per heavy atom. The van der Waals surface area contributed by atoms with Crippen molar-refractivity contribution >= 4 is 15.7 Å². The second-order valence-corrected chi connectivity index (χ2v) is 12.8. The van der Waals surface area contributed by atoms with Gasteiger partial charge in [0.1, 0.15) is 22.2 Å². The molecule has 1 amide bonds. The smallest absolute Gasteiger partial charge is 0.349 e. The van der Waals surface area contributed by atoms with E-state index in [0.29, 0.717) is 24.3 Å². The Bertz CT molecular complexity index is 1590. The summed E-state index contributed by atoms with van der Waals surface area (Å²) in [6, 6.07) is 7.99. The van der Waals surface area contributed by atoms with Gasteiger partial charge < -0.3 is 9.64 Å². The Kier molecular flexibility index (Phi) is 8.63. The third-order valence-corrected chi connectivity index (χ3v) is 10.2. The van der Waals surface area contributed by atoms with Gasteiger partial charge in [0, 0.05) is 31.1 Å².